The molecule has 0 unspecified atom stereocenters. The molecule has 0 amide bonds. The molecule has 0 saturated heterocycles. The summed E-state index contributed by atoms with van der Waals surface area (Å²) < 4.78 is 6.14. The van der Waals surface area contributed by atoms with Gasteiger partial charge in [-0.15, -0.1) is 0 Å². The number of hydrogen-bond acceptors (Lipinski definition) is 1. The number of allylic oxidation sites excluding steroid dienone is 1. The summed E-state index contributed by atoms with van der Waals surface area (Å²) in [4.78, 5) is 0. The van der Waals surface area contributed by atoms with Crippen LogP contribution in [0.2, 0.25) is 0 Å². The van der Waals surface area contributed by atoms with Gasteiger partial charge in [-0.1, -0.05) is 69.5 Å². The van der Waals surface area contributed by atoms with Crippen molar-refractivity contribution in [3.05, 3.63) is 47.5 Å². The molecule has 0 heterocycles. The second-order valence-corrected chi connectivity index (χ2v) is 11.4. The molecule has 4 aliphatic rings. The van der Waals surface area contributed by atoms with Gasteiger partial charge in [0.15, 0.2) is 0 Å². The lowest BCUT2D eigenvalue weighted by Gasteiger charge is -2.54. The van der Waals surface area contributed by atoms with Crippen LogP contribution in [0.15, 0.2) is 36.4 Å². The zero-order chi connectivity index (χ0) is 22.3. The van der Waals surface area contributed by atoms with E-state index in [0.29, 0.717) is 16.9 Å². The fourth-order valence-corrected chi connectivity index (χ4v) is 7.16. The lowest BCUT2D eigenvalue weighted by molar-refractivity contribution is 0.0320. The maximum absolute atomic E-state index is 6.14. The van der Waals surface area contributed by atoms with Gasteiger partial charge in [-0.3, -0.25) is 0 Å². The Bertz CT molecular complexity index is 682. The third-order valence-electron chi connectivity index (χ3n) is 9.42. The van der Waals surface area contributed by atoms with Crippen molar-refractivity contribution < 1.29 is 4.74 Å². The quantitative estimate of drug-likeness (QED) is 0.248. The Morgan fingerprint density at radius 3 is 2.12 bits per heavy atom. The van der Waals surface area contributed by atoms with Crippen LogP contribution in [0.3, 0.4) is 0 Å². The highest BCUT2D eigenvalue weighted by molar-refractivity contribution is 5.33. The maximum Gasteiger partial charge on any atom is 0.0651 e. The Balaban J connectivity index is 1.22. The van der Waals surface area contributed by atoms with Crippen molar-refractivity contribution in [2.24, 2.45) is 5.41 Å². The minimum atomic E-state index is 0.470. The SMILES string of the molecule is CCCCC/C=C/CO[C@H]1CC[C@H](c2ccc(C34CCC(CCC)(CC3)CC4)cc2)CC1. The lowest BCUT2D eigenvalue weighted by atomic mass is 9.51. The standard InChI is InChI=1S/C31H48O/c1-3-5-6-7-8-9-25-32-29-16-12-27(13-17-29)26-10-14-28(15-11-26)31-22-19-30(18-4-2,20-23-31)21-24-31/h8-11,14-15,27,29H,3-7,12-13,16-25H2,1-2H3/b9-8+/t27-,29-,30?,31?. The van der Waals surface area contributed by atoms with Gasteiger partial charge in [0, 0.05) is 0 Å². The first-order valence-electron chi connectivity index (χ1n) is 14.1. The first-order chi connectivity index (χ1) is 15.7. The smallest absolute Gasteiger partial charge is 0.0651 e. The van der Waals surface area contributed by atoms with E-state index in [1.54, 1.807) is 11.1 Å². The van der Waals surface area contributed by atoms with Crippen molar-refractivity contribution in [1.29, 1.82) is 0 Å². The van der Waals surface area contributed by atoms with Crippen LogP contribution in [-0.2, 0) is 10.2 Å². The van der Waals surface area contributed by atoms with Crippen LogP contribution in [0.1, 0.15) is 134 Å². The van der Waals surface area contributed by atoms with Gasteiger partial charge in [0.2, 0.25) is 0 Å². The molecule has 178 valence electrons. The predicted octanol–water partition coefficient (Wildman–Crippen LogP) is 9.26. The van der Waals surface area contributed by atoms with Gasteiger partial charge in [-0.05, 0) is 111 Å². The van der Waals surface area contributed by atoms with E-state index in [-0.39, 0.29) is 0 Å². The van der Waals surface area contributed by atoms with Crippen molar-refractivity contribution in [3.8, 4) is 0 Å². The van der Waals surface area contributed by atoms with Gasteiger partial charge < -0.3 is 4.74 Å². The van der Waals surface area contributed by atoms with E-state index in [2.05, 4.69) is 50.3 Å². The third kappa shape index (κ3) is 5.69. The molecule has 4 saturated carbocycles. The van der Waals surface area contributed by atoms with Crippen LogP contribution in [0.4, 0.5) is 0 Å². The number of ether oxygens (including phenoxy) is 1. The molecule has 5 rings (SSSR count). The Morgan fingerprint density at radius 1 is 0.812 bits per heavy atom. The molecule has 0 atom stereocenters. The monoisotopic (exact) mass is 436 g/mol. The van der Waals surface area contributed by atoms with E-state index >= 15 is 0 Å². The van der Waals surface area contributed by atoms with E-state index < -0.39 is 0 Å². The van der Waals surface area contributed by atoms with Crippen molar-refractivity contribution in [3.63, 3.8) is 0 Å². The first-order valence-corrected chi connectivity index (χ1v) is 14.1. The minimum absolute atomic E-state index is 0.470. The first kappa shape index (κ1) is 24.1. The molecular weight excluding hydrogens is 388 g/mol. The van der Waals surface area contributed by atoms with Gasteiger partial charge >= 0.3 is 0 Å². The van der Waals surface area contributed by atoms with Crippen molar-refractivity contribution >= 4 is 0 Å². The van der Waals surface area contributed by atoms with Gasteiger partial charge in [-0.2, -0.15) is 0 Å². The molecule has 2 bridgehead atoms. The molecule has 1 aromatic rings. The molecule has 0 N–H and O–H groups in total. The lowest BCUT2D eigenvalue weighted by Crippen LogP contribution is -2.44. The number of fused-ring (bicyclic) bond motifs is 3. The van der Waals surface area contributed by atoms with Crippen LogP contribution < -0.4 is 0 Å². The molecule has 0 spiro atoms. The van der Waals surface area contributed by atoms with Crippen molar-refractivity contribution in [2.45, 2.75) is 134 Å². The average molecular weight is 437 g/mol. The maximum atomic E-state index is 6.14. The minimum Gasteiger partial charge on any atom is -0.374 e. The van der Waals surface area contributed by atoms with E-state index in [1.807, 2.05) is 0 Å². The highest BCUT2D eigenvalue weighted by atomic mass is 16.5. The van der Waals surface area contributed by atoms with E-state index in [1.165, 1.54) is 103 Å². The molecule has 1 heteroatoms. The van der Waals surface area contributed by atoms with E-state index in [4.69, 9.17) is 4.74 Å². The molecule has 0 aliphatic heterocycles. The summed E-state index contributed by atoms with van der Waals surface area (Å²) in [6, 6.07) is 9.99. The van der Waals surface area contributed by atoms with Crippen LogP contribution in [0.5, 0.6) is 0 Å². The largest absolute Gasteiger partial charge is 0.374 e. The fraction of sp³-hybridized carbons (Fsp3) is 0.742. The summed E-state index contributed by atoms with van der Waals surface area (Å²) in [5, 5.41) is 0. The van der Waals surface area contributed by atoms with Gasteiger partial charge in [-0.25, -0.2) is 0 Å². The number of rotatable bonds is 11. The van der Waals surface area contributed by atoms with E-state index in [0.717, 1.165) is 12.5 Å². The predicted molar refractivity (Wildman–Crippen MR) is 137 cm³/mol. The molecular formula is C31H48O. The molecule has 0 radical (unpaired) electrons. The topological polar surface area (TPSA) is 9.23 Å². The van der Waals surface area contributed by atoms with Crippen molar-refractivity contribution in [2.75, 3.05) is 6.61 Å². The Morgan fingerprint density at radius 2 is 1.50 bits per heavy atom. The highest BCUT2D eigenvalue weighted by Crippen LogP contribution is 2.59. The average Bonchev–Trinajstić information content (AvgIpc) is 2.85. The Hall–Kier alpha value is -1.08. The van der Waals surface area contributed by atoms with Crippen LogP contribution in [-0.4, -0.2) is 12.7 Å². The van der Waals surface area contributed by atoms with Crippen LogP contribution in [0.25, 0.3) is 0 Å². The molecule has 4 aliphatic carbocycles. The van der Waals surface area contributed by atoms with Crippen molar-refractivity contribution in [1.82, 2.24) is 0 Å². The van der Waals surface area contributed by atoms with E-state index in [9.17, 15) is 0 Å². The van der Waals surface area contributed by atoms with Gasteiger partial charge in [0.1, 0.15) is 0 Å². The summed E-state index contributed by atoms with van der Waals surface area (Å²) in [6.07, 6.45) is 26.8. The van der Waals surface area contributed by atoms with Gasteiger partial charge in [0.25, 0.3) is 0 Å². The van der Waals surface area contributed by atoms with Crippen LogP contribution >= 0.6 is 0 Å². The summed E-state index contributed by atoms with van der Waals surface area (Å²) in [6.45, 7) is 5.44. The fourth-order valence-electron chi connectivity index (χ4n) is 7.16. The zero-order valence-corrected chi connectivity index (χ0v) is 21.0. The molecule has 4 fully saturated rings. The summed E-state index contributed by atoms with van der Waals surface area (Å²) in [5.41, 5.74) is 4.44. The normalized spacial score (nSPS) is 32.6. The Labute approximate surface area is 198 Å². The second-order valence-electron chi connectivity index (χ2n) is 11.4. The zero-order valence-electron chi connectivity index (χ0n) is 21.0. The summed E-state index contributed by atoms with van der Waals surface area (Å²) in [7, 11) is 0. The molecule has 1 aromatic carbocycles. The molecule has 1 nitrogen and oxygen atoms in total. The number of hydrogen-bond donors (Lipinski definition) is 0. The third-order valence-corrected chi connectivity index (χ3v) is 9.42. The summed E-state index contributed by atoms with van der Waals surface area (Å²) >= 11 is 0. The van der Waals surface area contributed by atoms with Crippen LogP contribution in [0, 0.1) is 5.41 Å². The second kappa shape index (κ2) is 11.4. The highest BCUT2D eigenvalue weighted by Gasteiger charge is 2.48. The van der Waals surface area contributed by atoms with Gasteiger partial charge in [0.05, 0.1) is 12.7 Å². The number of benzene rings is 1. The molecule has 0 aromatic heterocycles. The molecule has 32 heavy (non-hydrogen) atoms. The Kier molecular flexibility index (Phi) is 8.55. The number of unbranched alkanes of at least 4 members (excludes halogenated alkanes) is 3. The summed E-state index contributed by atoms with van der Waals surface area (Å²) in [5.74, 6) is 0.737.